The van der Waals surface area contributed by atoms with Crippen LogP contribution in [-0.2, 0) is 13.1 Å². The highest BCUT2D eigenvalue weighted by atomic mass is 16.7. The Hall–Kier alpha value is -1.98. The maximum absolute atomic E-state index is 5.46. The van der Waals surface area contributed by atoms with E-state index in [1.807, 2.05) is 12.3 Å². The molecule has 0 atom stereocenters. The summed E-state index contributed by atoms with van der Waals surface area (Å²) in [4.78, 5) is 3.30. The van der Waals surface area contributed by atoms with Crippen LogP contribution in [-0.4, -0.2) is 33.0 Å². The molecule has 2 aliphatic heterocycles. The Kier molecular flexibility index (Phi) is 3.74. The average Bonchev–Trinajstić information content (AvgIpc) is 3.20. The van der Waals surface area contributed by atoms with Gasteiger partial charge < -0.3 is 23.7 Å². The Labute approximate surface area is 130 Å². The van der Waals surface area contributed by atoms with Gasteiger partial charge in [-0.3, -0.25) is 0 Å². The molecule has 0 amide bonds. The molecule has 5 nitrogen and oxygen atoms in total. The lowest BCUT2D eigenvalue weighted by Gasteiger charge is -2.29. The molecule has 0 saturated carbocycles. The van der Waals surface area contributed by atoms with Crippen LogP contribution in [0.15, 0.2) is 41.2 Å². The number of benzene rings is 1. The van der Waals surface area contributed by atoms with Crippen molar-refractivity contribution < 1.29 is 23.7 Å². The van der Waals surface area contributed by atoms with E-state index >= 15 is 0 Å². The molecule has 22 heavy (non-hydrogen) atoms. The number of nitrogens with one attached hydrogen (secondary N) is 2. The second-order valence-corrected chi connectivity index (χ2v) is 6.17. The maximum atomic E-state index is 5.46. The van der Waals surface area contributed by atoms with Crippen molar-refractivity contribution in [3.63, 3.8) is 0 Å². The molecule has 4 rings (SSSR count). The highest BCUT2D eigenvalue weighted by Gasteiger charge is 2.24. The van der Waals surface area contributed by atoms with Gasteiger partial charge in [0.2, 0.25) is 6.79 Å². The molecule has 2 N–H and O–H groups in total. The van der Waals surface area contributed by atoms with Gasteiger partial charge in [0.15, 0.2) is 11.5 Å². The highest BCUT2D eigenvalue weighted by Crippen LogP contribution is 2.32. The highest BCUT2D eigenvalue weighted by molar-refractivity contribution is 5.44. The smallest absolute Gasteiger partial charge is 0.231 e. The van der Waals surface area contributed by atoms with E-state index in [4.69, 9.17) is 13.9 Å². The summed E-state index contributed by atoms with van der Waals surface area (Å²) in [5.74, 6) is 1.76. The Morgan fingerprint density at radius 1 is 0.818 bits per heavy atom. The Morgan fingerprint density at radius 3 is 2.27 bits per heavy atom. The molecule has 2 aromatic rings. The van der Waals surface area contributed by atoms with Crippen LogP contribution >= 0.6 is 0 Å². The van der Waals surface area contributed by atoms with Gasteiger partial charge in [-0.25, -0.2) is 0 Å². The van der Waals surface area contributed by atoms with Crippen molar-refractivity contribution in [2.75, 3.05) is 33.0 Å². The normalized spacial score (nSPS) is 23.6. The number of rotatable bonds is 4. The molecule has 0 bridgehead atoms. The lowest BCUT2D eigenvalue weighted by Crippen LogP contribution is -3.27. The summed E-state index contributed by atoms with van der Waals surface area (Å²) >= 11 is 0. The summed E-state index contributed by atoms with van der Waals surface area (Å²) in [5.41, 5.74) is 2.63. The van der Waals surface area contributed by atoms with Crippen molar-refractivity contribution in [3.8, 4) is 11.5 Å². The van der Waals surface area contributed by atoms with E-state index in [9.17, 15) is 0 Å². The van der Waals surface area contributed by atoms with Crippen LogP contribution < -0.4 is 19.3 Å². The number of furan rings is 1. The number of piperazine rings is 1. The zero-order chi connectivity index (χ0) is 14.8. The number of hydrogen-bond acceptors (Lipinski definition) is 3. The van der Waals surface area contributed by atoms with Crippen molar-refractivity contribution in [3.05, 3.63) is 47.9 Å². The van der Waals surface area contributed by atoms with Gasteiger partial charge in [0, 0.05) is 11.1 Å². The van der Waals surface area contributed by atoms with E-state index in [1.54, 1.807) is 16.1 Å². The third-order valence-electron chi connectivity index (χ3n) is 4.59. The summed E-state index contributed by atoms with van der Waals surface area (Å²) in [5, 5.41) is 0. The van der Waals surface area contributed by atoms with Gasteiger partial charge in [-0.05, 0) is 24.3 Å². The molecule has 0 radical (unpaired) electrons. The van der Waals surface area contributed by atoms with Crippen LogP contribution in [0.3, 0.4) is 0 Å². The minimum atomic E-state index is 0.349. The molecule has 3 heterocycles. The maximum Gasteiger partial charge on any atom is 0.231 e. The SMILES string of the molecule is c1cc(C[NH+]2CC[NH+](Cc3ccc4c(c3)OCO4)CC2)co1. The Morgan fingerprint density at radius 2 is 1.55 bits per heavy atom. The molecule has 0 unspecified atom stereocenters. The number of quaternary nitrogens is 2. The topological polar surface area (TPSA) is 40.5 Å². The van der Waals surface area contributed by atoms with E-state index in [1.165, 1.54) is 37.3 Å². The average molecular weight is 302 g/mol. The minimum Gasteiger partial charge on any atom is -0.472 e. The lowest BCUT2D eigenvalue weighted by atomic mass is 10.1. The summed E-state index contributed by atoms with van der Waals surface area (Å²) in [6.07, 6.45) is 3.62. The predicted molar refractivity (Wildman–Crippen MR) is 80.1 cm³/mol. The second kappa shape index (κ2) is 6.02. The van der Waals surface area contributed by atoms with Gasteiger partial charge in [-0.1, -0.05) is 0 Å². The van der Waals surface area contributed by atoms with Crippen molar-refractivity contribution in [1.29, 1.82) is 0 Å². The standard InChI is InChI=1S/C17H20N2O3/c1-2-16-17(22-13-21-16)9-14(1)10-18-4-6-19(7-5-18)11-15-3-8-20-12-15/h1-3,8-9,12H,4-7,10-11,13H2/p+2. The van der Waals surface area contributed by atoms with Crippen LogP contribution in [0, 0.1) is 0 Å². The van der Waals surface area contributed by atoms with Gasteiger partial charge in [-0.2, -0.15) is 0 Å². The third kappa shape index (κ3) is 2.96. The van der Waals surface area contributed by atoms with Gasteiger partial charge in [0.1, 0.15) is 39.3 Å². The molecule has 5 heteroatoms. The zero-order valence-electron chi connectivity index (χ0n) is 12.6. The van der Waals surface area contributed by atoms with E-state index in [0.717, 1.165) is 24.6 Å². The van der Waals surface area contributed by atoms with Crippen LogP contribution in [0.4, 0.5) is 0 Å². The molecule has 0 spiro atoms. The van der Waals surface area contributed by atoms with Crippen LogP contribution in [0.1, 0.15) is 11.1 Å². The molecule has 1 saturated heterocycles. The Balaban J connectivity index is 1.30. The molecule has 1 aromatic heterocycles. The van der Waals surface area contributed by atoms with Crippen LogP contribution in [0.25, 0.3) is 0 Å². The lowest BCUT2D eigenvalue weighted by molar-refractivity contribution is -1.02. The summed E-state index contributed by atoms with van der Waals surface area (Å²) in [6.45, 7) is 7.34. The molecule has 1 aromatic carbocycles. The van der Waals surface area contributed by atoms with Gasteiger partial charge in [-0.15, -0.1) is 0 Å². The van der Waals surface area contributed by atoms with Gasteiger partial charge >= 0.3 is 0 Å². The number of ether oxygens (including phenoxy) is 2. The van der Waals surface area contributed by atoms with E-state index in [0.29, 0.717) is 6.79 Å². The molecule has 2 aliphatic rings. The van der Waals surface area contributed by atoms with Crippen molar-refractivity contribution in [2.45, 2.75) is 13.1 Å². The molecular weight excluding hydrogens is 280 g/mol. The fraction of sp³-hybridized carbons (Fsp3) is 0.412. The van der Waals surface area contributed by atoms with Crippen molar-refractivity contribution in [1.82, 2.24) is 0 Å². The van der Waals surface area contributed by atoms with Gasteiger partial charge in [0.25, 0.3) is 0 Å². The molecule has 0 aliphatic carbocycles. The first-order valence-corrected chi connectivity index (χ1v) is 7.93. The summed E-state index contributed by atoms with van der Waals surface area (Å²) in [7, 11) is 0. The zero-order valence-corrected chi connectivity index (χ0v) is 12.6. The first-order valence-electron chi connectivity index (χ1n) is 7.93. The van der Waals surface area contributed by atoms with Crippen molar-refractivity contribution in [2.24, 2.45) is 0 Å². The van der Waals surface area contributed by atoms with E-state index in [2.05, 4.69) is 18.2 Å². The molecule has 116 valence electrons. The first kappa shape index (κ1) is 13.7. The van der Waals surface area contributed by atoms with E-state index < -0.39 is 0 Å². The molecular formula is C17H22N2O3+2. The molecule has 1 fully saturated rings. The number of hydrogen-bond donors (Lipinski definition) is 2. The van der Waals surface area contributed by atoms with E-state index in [-0.39, 0.29) is 0 Å². The quantitative estimate of drug-likeness (QED) is 0.799. The summed E-state index contributed by atoms with van der Waals surface area (Å²) < 4.78 is 16.0. The predicted octanol–water partition coefficient (Wildman–Crippen LogP) is -0.508. The minimum absolute atomic E-state index is 0.349. The number of fused-ring (bicyclic) bond motifs is 1. The van der Waals surface area contributed by atoms with Gasteiger partial charge in [0.05, 0.1) is 12.5 Å². The van der Waals surface area contributed by atoms with Crippen LogP contribution in [0.2, 0.25) is 0 Å². The largest absolute Gasteiger partial charge is 0.472 e. The second-order valence-electron chi connectivity index (χ2n) is 6.17. The monoisotopic (exact) mass is 302 g/mol. The fourth-order valence-electron chi connectivity index (χ4n) is 3.33. The fourth-order valence-corrected chi connectivity index (χ4v) is 3.33. The summed E-state index contributed by atoms with van der Waals surface area (Å²) in [6, 6.07) is 8.38. The van der Waals surface area contributed by atoms with Crippen LogP contribution in [0.5, 0.6) is 11.5 Å². The van der Waals surface area contributed by atoms with Crippen molar-refractivity contribution >= 4 is 0 Å². The first-order chi connectivity index (χ1) is 10.9. The Bertz CT molecular complexity index is 619. The third-order valence-corrected chi connectivity index (χ3v) is 4.59.